The van der Waals surface area contributed by atoms with Crippen LogP contribution in [-0.4, -0.2) is 25.2 Å². The summed E-state index contributed by atoms with van der Waals surface area (Å²) in [6, 6.07) is 7.78. The lowest BCUT2D eigenvalue weighted by molar-refractivity contribution is 0.222. The molecule has 0 spiro atoms. The van der Waals surface area contributed by atoms with Gasteiger partial charge in [-0.2, -0.15) is 4.98 Å². The Balaban J connectivity index is 1.89. The lowest BCUT2D eigenvalue weighted by atomic mass is 10.3. The van der Waals surface area contributed by atoms with E-state index in [2.05, 4.69) is 20.1 Å². The Morgan fingerprint density at radius 3 is 2.88 bits per heavy atom. The van der Waals surface area contributed by atoms with Crippen LogP contribution in [0.5, 0.6) is 0 Å². The Morgan fingerprint density at radius 1 is 1.24 bits per heavy atom. The molecule has 2 N–H and O–H groups in total. The second kappa shape index (κ2) is 3.99. The smallest absolute Gasteiger partial charge is 0.252 e. The van der Waals surface area contributed by atoms with Crippen LogP contribution in [0.15, 0.2) is 28.8 Å². The van der Waals surface area contributed by atoms with E-state index in [0.717, 1.165) is 16.9 Å². The van der Waals surface area contributed by atoms with Crippen LogP contribution in [-0.2, 0) is 13.0 Å². The summed E-state index contributed by atoms with van der Waals surface area (Å²) in [4.78, 5) is 11.6. The number of imidazole rings is 1. The van der Waals surface area contributed by atoms with Crippen molar-refractivity contribution in [3.05, 3.63) is 41.8 Å². The van der Waals surface area contributed by atoms with Gasteiger partial charge in [-0.1, -0.05) is 17.3 Å². The van der Waals surface area contributed by atoms with Crippen LogP contribution in [0.25, 0.3) is 11.0 Å². The number of H-pyrrole nitrogens is 1. The minimum Gasteiger partial charge on any atom is -0.387 e. The number of aliphatic hydroxyl groups is 1. The second-order valence-electron chi connectivity index (χ2n) is 3.64. The lowest BCUT2D eigenvalue weighted by Crippen LogP contribution is -1.93. The van der Waals surface area contributed by atoms with Crippen molar-refractivity contribution in [1.29, 1.82) is 0 Å². The maximum atomic E-state index is 8.81. The summed E-state index contributed by atoms with van der Waals surface area (Å²) in [6.45, 7) is -0.243. The molecule has 17 heavy (non-hydrogen) atoms. The van der Waals surface area contributed by atoms with Crippen LogP contribution in [0.1, 0.15) is 17.5 Å². The molecule has 0 aliphatic heterocycles. The van der Waals surface area contributed by atoms with Gasteiger partial charge in [0.05, 0.1) is 17.5 Å². The van der Waals surface area contributed by atoms with E-state index in [0.29, 0.717) is 12.2 Å². The number of fused-ring (bicyclic) bond motifs is 1. The molecule has 6 nitrogen and oxygen atoms in total. The first-order chi connectivity index (χ1) is 8.35. The standard InChI is InChI=1S/C11H10N4O2/c16-6-11-14-10(15-17-11)5-9-12-7-3-1-2-4-8(7)13-9/h1-4,16H,5-6H2,(H,12,13). The number of aromatic amines is 1. The van der Waals surface area contributed by atoms with Gasteiger partial charge in [-0.05, 0) is 12.1 Å². The zero-order valence-electron chi connectivity index (χ0n) is 8.92. The molecule has 0 bridgehead atoms. The molecule has 0 saturated carbocycles. The largest absolute Gasteiger partial charge is 0.387 e. The van der Waals surface area contributed by atoms with E-state index in [1.807, 2.05) is 24.3 Å². The van der Waals surface area contributed by atoms with Gasteiger partial charge in [0.1, 0.15) is 12.4 Å². The van der Waals surface area contributed by atoms with Gasteiger partial charge in [-0.3, -0.25) is 0 Å². The Hall–Kier alpha value is -2.21. The van der Waals surface area contributed by atoms with Crippen molar-refractivity contribution >= 4 is 11.0 Å². The first-order valence-electron chi connectivity index (χ1n) is 5.21. The van der Waals surface area contributed by atoms with Crippen molar-refractivity contribution in [2.75, 3.05) is 0 Å². The molecule has 86 valence electrons. The molecule has 0 saturated heterocycles. The van der Waals surface area contributed by atoms with E-state index in [-0.39, 0.29) is 12.5 Å². The molecule has 0 aliphatic carbocycles. The summed E-state index contributed by atoms with van der Waals surface area (Å²) in [6.07, 6.45) is 0.457. The number of aliphatic hydroxyl groups excluding tert-OH is 1. The second-order valence-corrected chi connectivity index (χ2v) is 3.64. The van der Waals surface area contributed by atoms with Crippen LogP contribution >= 0.6 is 0 Å². The third-order valence-electron chi connectivity index (χ3n) is 2.41. The maximum Gasteiger partial charge on any atom is 0.252 e. The van der Waals surface area contributed by atoms with Gasteiger partial charge >= 0.3 is 0 Å². The van der Waals surface area contributed by atoms with Crippen molar-refractivity contribution < 1.29 is 9.63 Å². The fourth-order valence-corrected chi connectivity index (χ4v) is 1.67. The average Bonchev–Trinajstić information content (AvgIpc) is 2.94. The Morgan fingerprint density at radius 2 is 2.12 bits per heavy atom. The van der Waals surface area contributed by atoms with Gasteiger partial charge < -0.3 is 14.6 Å². The van der Waals surface area contributed by atoms with E-state index >= 15 is 0 Å². The Kier molecular flexibility index (Phi) is 2.34. The summed E-state index contributed by atoms with van der Waals surface area (Å²) in [5, 5.41) is 12.6. The van der Waals surface area contributed by atoms with Gasteiger partial charge in [0.2, 0.25) is 0 Å². The molecule has 6 heteroatoms. The predicted molar refractivity (Wildman–Crippen MR) is 59.1 cm³/mol. The van der Waals surface area contributed by atoms with Crippen molar-refractivity contribution in [3.8, 4) is 0 Å². The number of hydrogen-bond donors (Lipinski definition) is 2. The molecule has 0 unspecified atom stereocenters. The topological polar surface area (TPSA) is 87.8 Å². The summed E-state index contributed by atoms with van der Waals surface area (Å²) >= 11 is 0. The van der Waals surface area contributed by atoms with E-state index in [1.54, 1.807) is 0 Å². The van der Waals surface area contributed by atoms with Gasteiger partial charge in [0.15, 0.2) is 5.82 Å². The maximum absolute atomic E-state index is 8.81. The predicted octanol–water partition coefficient (Wildman–Crippen LogP) is 1.03. The molecular weight excluding hydrogens is 220 g/mol. The highest BCUT2D eigenvalue weighted by Crippen LogP contribution is 2.12. The SMILES string of the molecule is OCc1nc(Cc2nc3ccccc3[nH]2)no1. The zero-order chi connectivity index (χ0) is 11.7. The number of nitrogens with zero attached hydrogens (tertiary/aromatic N) is 3. The minimum atomic E-state index is -0.243. The Bertz CT molecular complexity index is 611. The van der Waals surface area contributed by atoms with Crippen LogP contribution < -0.4 is 0 Å². The van der Waals surface area contributed by atoms with E-state index < -0.39 is 0 Å². The average molecular weight is 230 g/mol. The fourth-order valence-electron chi connectivity index (χ4n) is 1.67. The quantitative estimate of drug-likeness (QED) is 0.701. The molecule has 0 radical (unpaired) electrons. The summed E-state index contributed by atoms with van der Waals surface area (Å²) in [5.41, 5.74) is 1.89. The van der Waals surface area contributed by atoms with Crippen molar-refractivity contribution in [1.82, 2.24) is 20.1 Å². The first-order valence-corrected chi connectivity index (χ1v) is 5.21. The number of rotatable bonds is 3. The molecular formula is C11H10N4O2. The number of hydrogen-bond acceptors (Lipinski definition) is 5. The third-order valence-corrected chi connectivity index (χ3v) is 2.41. The van der Waals surface area contributed by atoms with Gasteiger partial charge in [0.25, 0.3) is 5.89 Å². The molecule has 0 amide bonds. The summed E-state index contributed by atoms with van der Waals surface area (Å²) in [5.74, 6) is 1.50. The molecule has 1 aromatic carbocycles. The highest BCUT2D eigenvalue weighted by Gasteiger charge is 2.09. The third kappa shape index (κ3) is 1.90. The molecule has 2 heterocycles. The van der Waals surface area contributed by atoms with Crippen LogP contribution in [0, 0.1) is 0 Å². The molecule has 0 aliphatic rings. The zero-order valence-corrected chi connectivity index (χ0v) is 8.92. The molecule has 2 aromatic heterocycles. The van der Waals surface area contributed by atoms with Crippen molar-refractivity contribution in [3.63, 3.8) is 0 Å². The number of aromatic nitrogens is 4. The first kappa shape index (κ1) is 9.98. The van der Waals surface area contributed by atoms with E-state index in [1.165, 1.54) is 0 Å². The van der Waals surface area contributed by atoms with Gasteiger partial charge in [0, 0.05) is 0 Å². The lowest BCUT2D eigenvalue weighted by Gasteiger charge is -1.87. The van der Waals surface area contributed by atoms with E-state index in [4.69, 9.17) is 9.63 Å². The number of nitrogens with one attached hydrogen (secondary N) is 1. The summed E-state index contributed by atoms with van der Waals surface area (Å²) in [7, 11) is 0. The molecule has 0 atom stereocenters. The Labute approximate surface area is 96.3 Å². The van der Waals surface area contributed by atoms with Gasteiger partial charge in [-0.15, -0.1) is 0 Å². The highest BCUT2D eigenvalue weighted by atomic mass is 16.5. The van der Waals surface area contributed by atoms with Crippen molar-refractivity contribution in [2.24, 2.45) is 0 Å². The summed E-state index contributed by atoms with van der Waals surface area (Å²) < 4.78 is 4.81. The van der Waals surface area contributed by atoms with Crippen LogP contribution in [0.2, 0.25) is 0 Å². The van der Waals surface area contributed by atoms with Crippen LogP contribution in [0.3, 0.4) is 0 Å². The monoisotopic (exact) mass is 230 g/mol. The minimum absolute atomic E-state index is 0.219. The molecule has 3 rings (SSSR count). The van der Waals surface area contributed by atoms with Crippen LogP contribution in [0.4, 0.5) is 0 Å². The number of para-hydroxylation sites is 2. The van der Waals surface area contributed by atoms with Gasteiger partial charge in [-0.25, -0.2) is 4.98 Å². The number of benzene rings is 1. The highest BCUT2D eigenvalue weighted by molar-refractivity contribution is 5.74. The normalized spacial score (nSPS) is 11.1. The molecule has 3 aromatic rings. The fraction of sp³-hybridized carbons (Fsp3) is 0.182. The van der Waals surface area contributed by atoms with E-state index in [9.17, 15) is 0 Å². The molecule has 0 fully saturated rings. The van der Waals surface area contributed by atoms with Crippen molar-refractivity contribution in [2.45, 2.75) is 13.0 Å².